The van der Waals surface area contributed by atoms with E-state index in [1.54, 1.807) is 17.1 Å². The fraction of sp³-hybridized carbons (Fsp3) is 0.0667. The van der Waals surface area contributed by atoms with Crippen LogP contribution in [0.15, 0.2) is 67.2 Å². The normalized spacial score (nSPS) is 17.5. The van der Waals surface area contributed by atoms with Crippen LogP contribution < -0.4 is 4.90 Å². The smallest absolute Gasteiger partial charge is 0.181 e. The Kier molecular flexibility index (Phi) is 2.71. The van der Waals surface area contributed by atoms with Gasteiger partial charge in [-0.2, -0.15) is 4.68 Å². The Balaban J connectivity index is 1.82. The van der Waals surface area contributed by atoms with E-state index in [2.05, 4.69) is 20.3 Å². The van der Waals surface area contributed by atoms with Crippen LogP contribution in [-0.2, 0) is 0 Å². The SMILES string of the molecule is C1=CC(n2nnc3cccnc32)N(c2ccccn2)C=C1. The lowest BCUT2D eigenvalue weighted by atomic mass is 10.2. The van der Waals surface area contributed by atoms with Gasteiger partial charge in [-0.3, -0.25) is 0 Å². The van der Waals surface area contributed by atoms with Crippen molar-refractivity contribution in [2.24, 2.45) is 0 Å². The number of fused-ring (bicyclic) bond motifs is 1. The summed E-state index contributed by atoms with van der Waals surface area (Å²) in [7, 11) is 0. The highest BCUT2D eigenvalue weighted by atomic mass is 15.5. The monoisotopic (exact) mass is 276 g/mol. The first-order chi connectivity index (χ1) is 10.4. The quantitative estimate of drug-likeness (QED) is 0.719. The zero-order valence-electron chi connectivity index (χ0n) is 11.1. The van der Waals surface area contributed by atoms with E-state index in [1.165, 1.54) is 0 Å². The Bertz CT molecular complexity index is 820. The van der Waals surface area contributed by atoms with Gasteiger partial charge in [0.15, 0.2) is 11.8 Å². The average molecular weight is 276 g/mol. The van der Waals surface area contributed by atoms with E-state index in [1.807, 2.05) is 59.7 Å². The molecule has 0 saturated heterocycles. The molecule has 1 unspecified atom stereocenters. The minimum atomic E-state index is -0.134. The lowest BCUT2D eigenvalue weighted by Crippen LogP contribution is -2.29. The molecule has 1 aliphatic rings. The molecule has 0 saturated carbocycles. The molecule has 3 aromatic rings. The van der Waals surface area contributed by atoms with Gasteiger partial charge < -0.3 is 4.90 Å². The molecule has 3 aromatic heterocycles. The number of allylic oxidation sites excluding steroid dienone is 2. The molecule has 0 N–H and O–H groups in total. The van der Waals surface area contributed by atoms with Crippen LogP contribution in [0.4, 0.5) is 5.82 Å². The van der Waals surface area contributed by atoms with Gasteiger partial charge in [0.1, 0.15) is 11.3 Å². The van der Waals surface area contributed by atoms with Crippen molar-refractivity contribution in [1.82, 2.24) is 25.0 Å². The van der Waals surface area contributed by atoms with Crippen molar-refractivity contribution in [2.75, 3.05) is 4.90 Å². The zero-order valence-corrected chi connectivity index (χ0v) is 11.1. The van der Waals surface area contributed by atoms with Gasteiger partial charge in [-0.05, 0) is 36.4 Å². The minimum absolute atomic E-state index is 0.134. The third-order valence-electron chi connectivity index (χ3n) is 3.32. The van der Waals surface area contributed by atoms with Crippen LogP contribution in [0.5, 0.6) is 0 Å². The molecule has 6 heteroatoms. The van der Waals surface area contributed by atoms with Gasteiger partial charge >= 0.3 is 0 Å². The van der Waals surface area contributed by atoms with Gasteiger partial charge in [-0.1, -0.05) is 17.4 Å². The van der Waals surface area contributed by atoms with E-state index < -0.39 is 0 Å². The Morgan fingerprint density at radius 1 is 0.952 bits per heavy atom. The average Bonchev–Trinajstić information content (AvgIpc) is 3.00. The fourth-order valence-corrected chi connectivity index (χ4v) is 2.36. The number of hydrogen-bond donors (Lipinski definition) is 0. The van der Waals surface area contributed by atoms with Crippen LogP contribution in [-0.4, -0.2) is 25.0 Å². The summed E-state index contributed by atoms with van der Waals surface area (Å²) >= 11 is 0. The molecular formula is C15H12N6. The molecular weight excluding hydrogens is 264 g/mol. The molecule has 0 bridgehead atoms. The Labute approximate surface area is 121 Å². The predicted octanol–water partition coefficient (Wildman–Crippen LogP) is 2.31. The van der Waals surface area contributed by atoms with Crippen LogP contribution in [0.1, 0.15) is 6.17 Å². The van der Waals surface area contributed by atoms with Crippen molar-refractivity contribution < 1.29 is 0 Å². The van der Waals surface area contributed by atoms with Crippen LogP contribution in [0.2, 0.25) is 0 Å². The molecule has 0 aliphatic carbocycles. The lowest BCUT2D eigenvalue weighted by Gasteiger charge is -2.29. The number of anilines is 1. The van der Waals surface area contributed by atoms with Gasteiger partial charge in [0, 0.05) is 18.6 Å². The second-order valence-electron chi connectivity index (χ2n) is 4.62. The first-order valence-corrected chi connectivity index (χ1v) is 6.64. The van der Waals surface area contributed by atoms with E-state index in [-0.39, 0.29) is 6.17 Å². The topological polar surface area (TPSA) is 59.7 Å². The van der Waals surface area contributed by atoms with Crippen molar-refractivity contribution in [3.05, 3.63) is 67.2 Å². The lowest BCUT2D eigenvalue weighted by molar-refractivity contribution is 0.529. The van der Waals surface area contributed by atoms with Crippen molar-refractivity contribution in [3.8, 4) is 0 Å². The van der Waals surface area contributed by atoms with E-state index >= 15 is 0 Å². The number of rotatable bonds is 2. The molecule has 0 aromatic carbocycles. The van der Waals surface area contributed by atoms with Gasteiger partial charge in [-0.25, -0.2) is 9.97 Å². The van der Waals surface area contributed by atoms with Crippen molar-refractivity contribution in [2.45, 2.75) is 6.17 Å². The Morgan fingerprint density at radius 2 is 1.90 bits per heavy atom. The molecule has 0 spiro atoms. The van der Waals surface area contributed by atoms with Crippen LogP contribution in [0, 0.1) is 0 Å². The maximum Gasteiger partial charge on any atom is 0.181 e. The van der Waals surface area contributed by atoms with Gasteiger partial charge in [0.05, 0.1) is 0 Å². The summed E-state index contributed by atoms with van der Waals surface area (Å²) in [6.07, 6.45) is 11.4. The maximum absolute atomic E-state index is 4.40. The van der Waals surface area contributed by atoms with E-state index in [0.717, 1.165) is 17.0 Å². The highest BCUT2D eigenvalue weighted by molar-refractivity contribution is 5.69. The highest BCUT2D eigenvalue weighted by Crippen LogP contribution is 2.26. The van der Waals surface area contributed by atoms with Crippen LogP contribution in [0.25, 0.3) is 11.2 Å². The van der Waals surface area contributed by atoms with Crippen LogP contribution >= 0.6 is 0 Å². The molecule has 4 heterocycles. The number of aromatic nitrogens is 5. The first kappa shape index (κ1) is 11.8. The van der Waals surface area contributed by atoms with Gasteiger partial charge in [0.25, 0.3) is 0 Å². The predicted molar refractivity (Wildman–Crippen MR) is 79.4 cm³/mol. The van der Waals surface area contributed by atoms with E-state index in [9.17, 15) is 0 Å². The van der Waals surface area contributed by atoms with Gasteiger partial charge in [0.2, 0.25) is 0 Å². The third-order valence-corrected chi connectivity index (χ3v) is 3.32. The summed E-state index contributed by atoms with van der Waals surface area (Å²) in [6, 6.07) is 9.58. The molecule has 1 aliphatic heterocycles. The first-order valence-electron chi connectivity index (χ1n) is 6.64. The zero-order chi connectivity index (χ0) is 14.1. The van der Waals surface area contributed by atoms with Crippen LogP contribution in [0.3, 0.4) is 0 Å². The second kappa shape index (κ2) is 4.82. The summed E-state index contributed by atoms with van der Waals surface area (Å²) in [5.41, 5.74) is 1.53. The van der Waals surface area contributed by atoms with E-state index in [4.69, 9.17) is 0 Å². The molecule has 0 radical (unpaired) electrons. The third kappa shape index (κ3) is 1.97. The minimum Gasteiger partial charge on any atom is -0.306 e. The standard InChI is InChI=1S/C15H12N6/c1-3-9-16-13(7-1)20-11-4-2-8-14(20)21-15-12(18-19-21)6-5-10-17-15/h1-11,14H. The van der Waals surface area contributed by atoms with Crippen molar-refractivity contribution >= 4 is 17.0 Å². The van der Waals surface area contributed by atoms with Crippen molar-refractivity contribution in [1.29, 1.82) is 0 Å². The molecule has 6 nitrogen and oxygen atoms in total. The molecule has 1 atom stereocenters. The summed E-state index contributed by atoms with van der Waals surface area (Å²) in [5, 5.41) is 8.41. The summed E-state index contributed by atoms with van der Waals surface area (Å²) in [5.74, 6) is 0.850. The summed E-state index contributed by atoms with van der Waals surface area (Å²) in [4.78, 5) is 10.8. The molecule has 102 valence electrons. The Morgan fingerprint density at radius 3 is 2.81 bits per heavy atom. The number of hydrogen-bond acceptors (Lipinski definition) is 5. The summed E-state index contributed by atoms with van der Waals surface area (Å²) < 4.78 is 1.80. The van der Waals surface area contributed by atoms with Crippen molar-refractivity contribution in [3.63, 3.8) is 0 Å². The molecule has 4 rings (SSSR count). The highest BCUT2D eigenvalue weighted by Gasteiger charge is 2.22. The molecule has 0 amide bonds. The maximum atomic E-state index is 4.40. The second-order valence-corrected chi connectivity index (χ2v) is 4.62. The largest absolute Gasteiger partial charge is 0.306 e. The molecule has 0 fully saturated rings. The Hall–Kier alpha value is -3.02. The van der Waals surface area contributed by atoms with Gasteiger partial charge in [-0.15, -0.1) is 5.10 Å². The fourth-order valence-electron chi connectivity index (χ4n) is 2.36. The summed E-state index contributed by atoms with van der Waals surface area (Å²) in [6.45, 7) is 0. The number of nitrogens with zero attached hydrogens (tertiary/aromatic N) is 6. The number of pyridine rings is 2. The van der Waals surface area contributed by atoms with E-state index in [0.29, 0.717) is 0 Å². The molecule has 21 heavy (non-hydrogen) atoms.